The molecule has 0 saturated carbocycles. The normalized spacial score (nSPS) is 11.6. The summed E-state index contributed by atoms with van der Waals surface area (Å²) >= 11 is 0. The third-order valence-corrected chi connectivity index (χ3v) is 22.7. The van der Waals surface area contributed by atoms with E-state index in [0.717, 1.165) is 22.7 Å². The Morgan fingerprint density at radius 1 is 0.0982 bits per heavy atom. The zero-order valence-electron chi connectivity index (χ0n) is 61.4. The van der Waals surface area contributed by atoms with Gasteiger partial charge >= 0.3 is 0 Å². The standard InChI is InChI=1S/2C54H36N2/c1-3-12-37(13-4-1)41-14-11-15-42(34-41)38-22-24-39(25-23-38)44-28-32-49-50-35-43(29-33-53(50)56(54(49)36-44)45-16-5-2-6-17-45)40-26-30-46(31-27-40)55-51-20-9-7-18-47(51)48-19-8-10-21-52(48)55;1-3-11-37(12-4-1)38-19-21-39(22-20-38)40-23-25-41(26-24-40)44-29-33-49-50-35-43(30-34-53(50)56(54(49)36-44)45-13-5-2-6-14-45)42-27-31-46(32-28-42)55-51-17-9-7-15-47(51)48-16-8-10-18-52(48)55/h2*1-36H. The second-order valence-electron chi connectivity index (χ2n) is 29.1. The molecule has 112 heavy (non-hydrogen) atoms. The van der Waals surface area contributed by atoms with Crippen LogP contribution >= 0.6 is 0 Å². The van der Waals surface area contributed by atoms with E-state index in [2.05, 4.69) is 455 Å². The Kier molecular flexibility index (Phi) is 16.2. The monoisotopic (exact) mass is 1420 g/mol. The van der Waals surface area contributed by atoms with Crippen molar-refractivity contribution in [1.29, 1.82) is 0 Å². The minimum atomic E-state index is 1.15. The SMILES string of the molecule is c1ccc(-c2ccc(-c3ccc(-c4ccc5c6cc(-c7ccc(-n8c9ccccc9c9ccccc98)cc7)ccc6n(-c6ccccc6)c5c4)cc3)cc2)cc1.c1ccc(-c2cccc(-c3ccc(-c4ccc5c6cc(-c7ccc(-n8c9ccccc9c9ccccc98)cc7)ccc6n(-c6ccccc6)c5c4)cc3)c2)cc1. The Bertz CT molecular complexity index is 7170. The Balaban J connectivity index is 0.000000141. The molecule has 0 spiro atoms. The summed E-state index contributed by atoms with van der Waals surface area (Å²) in [4.78, 5) is 0. The van der Waals surface area contributed by atoms with Gasteiger partial charge in [-0.2, -0.15) is 0 Å². The largest absolute Gasteiger partial charge is 0.309 e. The zero-order chi connectivity index (χ0) is 74.0. The average molecular weight is 1430 g/mol. The molecule has 0 fully saturated rings. The van der Waals surface area contributed by atoms with E-state index in [1.807, 2.05) is 0 Å². The molecule has 0 unspecified atom stereocenters. The summed E-state index contributed by atoms with van der Waals surface area (Å²) in [5.74, 6) is 0. The Morgan fingerprint density at radius 2 is 0.295 bits per heavy atom. The van der Waals surface area contributed by atoms with Crippen LogP contribution in [0.25, 0.3) is 199 Å². The minimum Gasteiger partial charge on any atom is -0.309 e. The number of hydrogen-bond donors (Lipinski definition) is 0. The molecule has 0 saturated heterocycles. The van der Waals surface area contributed by atoms with E-state index in [1.54, 1.807) is 0 Å². The van der Waals surface area contributed by atoms with Gasteiger partial charge in [0.2, 0.25) is 0 Å². The van der Waals surface area contributed by atoms with E-state index < -0.39 is 0 Å². The van der Waals surface area contributed by atoms with E-state index >= 15 is 0 Å². The maximum atomic E-state index is 2.41. The molecule has 4 heterocycles. The highest BCUT2D eigenvalue weighted by Crippen LogP contribution is 2.43. The molecular weight excluding hydrogens is 1350 g/mol. The van der Waals surface area contributed by atoms with E-state index in [0.29, 0.717) is 0 Å². The lowest BCUT2D eigenvalue weighted by Gasteiger charge is -2.10. The van der Waals surface area contributed by atoms with Crippen molar-refractivity contribution in [2.45, 2.75) is 0 Å². The fourth-order valence-electron chi connectivity index (χ4n) is 17.2. The molecular formula is C108H72N4. The van der Waals surface area contributed by atoms with Gasteiger partial charge in [-0.25, -0.2) is 0 Å². The highest BCUT2D eigenvalue weighted by Gasteiger charge is 2.20. The van der Waals surface area contributed by atoms with Gasteiger partial charge in [0.1, 0.15) is 0 Å². The van der Waals surface area contributed by atoms with Crippen molar-refractivity contribution >= 4 is 87.2 Å². The van der Waals surface area contributed by atoms with Gasteiger partial charge in [-0.15, -0.1) is 0 Å². The first-order valence-electron chi connectivity index (χ1n) is 38.5. The van der Waals surface area contributed by atoms with Crippen LogP contribution in [0.1, 0.15) is 0 Å². The van der Waals surface area contributed by atoms with Crippen molar-refractivity contribution in [3.05, 3.63) is 437 Å². The molecule has 18 aromatic carbocycles. The summed E-state index contributed by atoms with van der Waals surface area (Å²) < 4.78 is 9.57. The van der Waals surface area contributed by atoms with Gasteiger partial charge in [-0.3, -0.25) is 0 Å². The first kappa shape index (κ1) is 65.5. The lowest BCUT2D eigenvalue weighted by Crippen LogP contribution is -1.94. The van der Waals surface area contributed by atoms with Crippen molar-refractivity contribution in [2.24, 2.45) is 0 Å². The fourth-order valence-corrected chi connectivity index (χ4v) is 17.2. The molecule has 0 N–H and O–H groups in total. The molecule has 22 aromatic rings. The summed E-state index contributed by atoms with van der Waals surface area (Å²) in [5, 5.41) is 10.1. The predicted molar refractivity (Wildman–Crippen MR) is 474 cm³/mol. The fraction of sp³-hybridized carbons (Fsp3) is 0. The first-order chi connectivity index (χ1) is 55.5. The average Bonchev–Trinajstić information content (AvgIpc) is 1.59. The van der Waals surface area contributed by atoms with Crippen molar-refractivity contribution in [3.8, 4) is 112 Å². The molecule has 4 nitrogen and oxygen atoms in total. The Morgan fingerprint density at radius 3 is 0.634 bits per heavy atom. The molecule has 0 aliphatic heterocycles. The van der Waals surface area contributed by atoms with Gasteiger partial charge in [0.05, 0.1) is 44.1 Å². The van der Waals surface area contributed by atoms with Gasteiger partial charge in [0.25, 0.3) is 0 Å². The van der Waals surface area contributed by atoms with Crippen LogP contribution in [-0.4, -0.2) is 18.3 Å². The molecule has 0 radical (unpaired) electrons. The van der Waals surface area contributed by atoms with Crippen molar-refractivity contribution in [1.82, 2.24) is 18.3 Å². The summed E-state index contributed by atoms with van der Waals surface area (Å²) in [7, 11) is 0. The van der Waals surface area contributed by atoms with Crippen LogP contribution < -0.4 is 0 Å². The number of nitrogens with zero attached hydrogens (tertiary/aromatic N) is 4. The van der Waals surface area contributed by atoms with Crippen LogP contribution in [0.2, 0.25) is 0 Å². The van der Waals surface area contributed by atoms with E-state index in [9.17, 15) is 0 Å². The smallest absolute Gasteiger partial charge is 0.0547 e. The molecule has 22 rings (SSSR count). The molecule has 0 atom stereocenters. The quantitative estimate of drug-likeness (QED) is 0.116. The summed E-state index contributed by atoms with van der Waals surface area (Å²) in [6, 6.07) is 159. The lowest BCUT2D eigenvalue weighted by molar-refractivity contribution is 1.18. The highest BCUT2D eigenvalue weighted by molar-refractivity contribution is 6.14. The molecule has 0 aliphatic carbocycles. The summed E-state index contributed by atoms with van der Waals surface area (Å²) in [6.45, 7) is 0. The van der Waals surface area contributed by atoms with Crippen LogP contribution in [-0.2, 0) is 0 Å². The Hall–Kier alpha value is -14.8. The highest BCUT2D eigenvalue weighted by atomic mass is 15.0. The van der Waals surface area contributed by atoms with Gasteiger partial charge in [0, 0.05) is 65.8 Å². The van der Waals surface area contributed by atoms with E-state index in [-0.39, 0.29) is 0 Å². The summed E-state index contributed by atoms with van der Waals surface area (Å²) in [6.07, 6.45) is 0. The van der Waals surface area contributed by atoms with Gasteiger partial charge < -0.3 is 18.3 Å². The second kappa shape index (κ2) is 27.7. The van der Waals surface area contributed by atoms with Crippen molar-refractivity contribution in [3.63, 3.8) is 0 Å². The molecule has 0 bridgehead atoms. The molecule has 0 amide bonds. The third kappa shape index (κ3) is 11.6. The lowest BCUT2D eigenvalue weighted by atomic mass is 9.96. The Labute approximate surface area is 649 Å². The van der Waals surface area contributed by atoms with Crippen LogP contribution in [0.15, 0.2) is 437 Å². The van der Waals surface area contributed by atoms with E-state index in [1.165, 1.54) is 176 Å². The number of para-hydroxylation sites is 6. The van der Waals surface area contributed by atoms with E-state index in [4.69, 9.17) is 0 Å². The number of hydrogen-bond acceptors (Lipinski definition) is 0. The molecule has 524 valence electrons. The molecule has 4 heteroatoms. The number of benzene rings is 18. The number of fused-ring (bicyclic) bond motifs is 12. The number of rotatable bonds is 12. The third-order valence-electron chi connectivity index (χ3n) is 22.7. The second-order valence-corrected chi connectivity index (χ2v) is 29.1. The summed E-state index contributed by atoms with van der Waals surface area (Å²) in [5.41, 5.74) is 33.7. The zero-order valence-corrected chi connectivity index (χ0v) is 61.4. The van der Waals surface area contributed by atoms with Crippen LogP contribution in [0.3, 0.4) is 0 Å². The minimum absolute atomic E-state index is 1.15. The maximum absolute atomic E-state index is 2.41. The first-order valence-corrected chi connectivity index (χ1v) is 38.5. The number of aromatic nitrogens is 4. The van der Waals surface area contributed by atoms with Crippen LogP contribution in [0, 0.1) is 0 Å². The van der Waals surface area contributed by atoms with Gasteiger partial charge in [-0.1, -0.05) is 322 Å². The van der Waals surface area contributed by atoms with Crippen molar-refractivity contribution < 1.29 is 0 Å². The maximum Gasteiger partial charge on any atom is 0.0547 e. The molecule has 0 aliphatic rings. The van der Waals surface area contributed by atoms with Gasteiger partial charge in [-0.05, 0) is 204 Å². The van der Waals surface area contributed by atoms with Crippen molar-refractivity contribution in [2.75, 3.05) is 0 Å². The predicted octanol–water partition coefficient (Wildman–Crippen LogP) is 29.1. The topological polar surface area (TPSA) is 19.7 Å². The van der Waals surface area contributed by atoms with Gasteiger partial charge in [0.15, 0.2) is 0 Å². The molecule has 4 aromatic heterocycles. The van der Waals surface area contributed by atoms with Crippen LogP contribution in [0.5, 0.6) is 0 Å². The van der Waals surface area contributed by atoms with Crippen LogP contribution in [0.4, 0.5) is 0 Å².